The Hall–Kier alpha value is -3.60. The normalized spacial score (nSPS) is 11.0. The summed E-state index contributed by atoms with van der Waals surface area (Å²) in [6.45, 7) is 7.85. The van der Waals surface area contributed by atoms with Crippen LogP contribution in [0.25, 0.3) is 11.0 Å². The third-order valence-corrected chi connectivity index (χ3v) is 5.64. The van der Waals surface area contributed by atoms with Crippen LogP contribution in [0, 0.1) is 20.8 Å². The monoisotopic (exact) mass is 427 g/mol. The minimum absolute atomic E-state index is 0.0834. The van der Waals surface area contributed by atoms with Gasteiger partial charge in [-0.3, -0.25) is 4.79 Å². The predicted molar refractivity (Wildman–Crippen MR) is 128 cm³/mol. The lowest BCUT2D eigenvalue weighted by Gasteiger charge is -2.13. The smallest absolute Gasteiger partial charge is 0.251 e. The minimum atomic E-state index is -0.0834. The van der Waals surface area contributed by atoms with Gasteiger partial charge in [-0.15, -0.1) is 0 Å². The van der Waals surface area contributed by atoms with Gasteiger partial charge in [0.1, 0.15) is 11.6 Å². The third kappa shape index (κ3) is 4.83. The summed E-state index contributed by atoms with van der Waals surface area (Å²) >= 11 is 0. The van der Waals surface area contributed by atoms with E-state index in [0.717, 1.165) is 46.7 Å². The molecule has 0 spiro atoms. The number of imidazole rings is 1. The second-order valence-corrected chi connectivity index (χ2v) is 8.14. The molecule has 0 unspecified atom stereocenters. The van der Waals surface area contributed by atoms with Crippen molar-refractivity contribution < 1.29 is 9.53 Å². The Kier molecular flexibility index (Phi) is 6.55. The van der Waals surface area contributed by atoms with Gasteiger partial charge in [0.25, 0.3) is 5.91 Å². The summed E-state index contributed by atoms with van der Waals surface area (Å²) in [6.07, 6.45) is 0.840. The van der Waals surface area contributed by atoms with Gasteiger partial charge in [0.05, 0.1) is 24.2 Å². The van der Waals surface area contributed by atoms with Gasteiger partial charge in [0.2, 0.25) is 0 Å². The van der Waals surface area contributed by atoms with Gasteiger partial charge < -0.3 is 14.6 Å². The van der Waals surface area contributed by atoms with E-state index in [1.807, 2.05) is 55.5 Å². The van der Waals surface area contributed by atoms with E-state index in [2.05, 4.69) is 41.9 Å². The highest BCUT2D eigenvalue weighted by Gasteiger charge is 2.13. The maximum atomic E-state index is 12.7. The number of carbonyl (C=O) groups is 1. The van der Waals surface area contributed by atoms with Crippen molar-refractivity contribution in [3.63, 3.8) is 0 Å². The van der Waals surface area contributed by atoms with E-state index in [1.54, 1.807) is 0 Å². The number of carbonyl (C=O) groups excluding carboxylic acids is 1. The highest BCUT2D eigenvalue weighted by Crippen LogP contribution is 2.20. The van der Waals surface area contributed by atoms with Gasteiger partial charge in [-0.1, -0.05) is 48.0 Å². The molecule has 0 atom stereocenters. The van der Waals surface area contributed by atoms with Crippen molar-refractivity contribution >= 4 is 16.9 Å². The predicted octanol–water partition coefficient (Wildman–Crippen LogP) is 5.36. The molecule has 0 bridgehead atoms. The van der Waals surface area contributed by atoms with Crippen LogP contribution < -0.4 is 10.1 Å². The molecule has 1 amide bonds. The van der Waals surface area contributed by atoms with E-state index in [-0.39, 0.29) is 5.91 Å². The number of ether oxygens (including phenoxy) is 1. The van der Waals surface area contributed by atoms with Crippen molar-refractivity contribution in [3.05, 3.63) is 94.8 Å². The SMILES string of the molecule is Cc1ccc(OCCCn2c(CNC(=O)c3ccccc3C)nc3ccccc32)c(C)c1. The number of fused-ring (bicyclic) bond motifs is 1. The summed E-state index contributed by atoms with van der Waals surface area (Å²) in [5, 5.41) is 3.03. The second-order valence-electron chi connectivity index (χ2n) is 8.14. The summed E-state index contributed by atoms with van der Waals surface area (Å²) < 4.78 is 8.19. The molecule has 1 aromatic heterocycles. The minimum Gasteiger partial charge on any atom is -0.493 e. The first-order valence-electron chi connectivity index (χ1n) is 11.0. The first-order valence-corrected chi connectivity index (χ1v) is 11.0. The summed E-state index contributed by atoms with van der Waals surface area (Å²) in [6, 6.07) is 21.9. The van der Waals surface area contributed by atoms with Crippen LogP contribution in [0.1, 0.15) is 39.3 Å². The number of aromatic nitrogens is 2. The molecule has 0 aliphatic heterocycles. The lowest BCUT2D eigenvalue weighted by Crippen LogP contribution is -2.25. The van der Waals surface area contributed by atoms with Crippen LogP contribution in [0.2, 0.25) is 0 Å². The Morgan fingerprint density at radius 1 is 0.969 bits per heavy atom. The van der Waals surface area contributed by atoms with Crippen LogP contribution in [0.3, 0.4) is 0 Å². The number of rotatable bonds is 8. The molecule has 4 aromatic rings. The quantitative estimate of drug-likeness (QED) is 0.385. The van der Waals surface area contributed by atoms with E-state index < -0.39 is 0 Å². The molecule has 3 aromatic carbocycles. The molecular formula is C27H29N3O2. The number of hydrogen-bond acceptors (Lipinski definition) is 3. The number of nitrogens with zero attached hydrogens (tertiary/aromatic N) is 2. The Morgan fingerprint density at radius 3 is 2.56 bits per heavy atom. The standard InChI is InChI=1S/C27H29N3O2/c1-19-13-14-25(21(3)17-19)32-16-8-15-30-24-12-7-6-11-23(24)29-26(30)18-28-27(31)22-10-5-4-9-20(22)2/h4-7,9-14,17H,8,15-16,18H2,1-3H3,(H,28,31). The number of benzene rings is 3. The van der Waals surface area contributed by atoms with Crippen LogP contribution in [-0.4, -0.2) is 22.1 Å². The largest absolute Gasteiger partial charge is 0.493 e. The van der Waals surface area contributed by atoms with Gasteiger partial charge in [-0.05, 0) is 62.6 Å². The van der Waals surface area contributed by atoms with Crippen molar-refractivity contribution in [1.82, 2.24) is 14.9 Å². The second kappa shape index (κ2) is 9.69. The van der Waals surface area contributed by atoms with E-state index in [1.165, 1.54) is 5.56 Å². The Balaban J connectivity index is 1.44. The molecule has 5 nitrogen and oxygen atoms in total. The molecule has 0 radical (unpaired) electrons. The topological polar surface area (TPSA) is 56.1 Å². The van der Waals surface area contributed by atoms with E-state index >= 15 is 0 Å². The number of para-hydroxylation sites is 2. The molecule has 0 fully saturated rings. The third-order valence-electron chi connectivity index (χ3n) is 5.64. The molecular weight excluding hydrogens is 398 g/mol. The Labute approximate surface area is 189 Å². The zero-order valence-corrected chi connectivity index (χ0v) is 18.9. The van der Waals surface area contributed by atoms with Crippen LogP contribution >= 0.6 is 0 Å². The van der Waals surface area contributed by atoms with Crippen molar-refractivity contribution in [2.45, 2.75) is 40.3 Å². The number of aryl methyl sites for hydroxylation is 4. The molecule has 5 heteroatoms. The summed E-state index contributed by atoms with van der Waals surface area (Å²) in [5.41, 5.74) is 6.04. The van der Waals surface area contributed by atoms with Crippen LogP contribution in [-0.2, 0) is 13.1 Å². The Bertz CT molecular complexity index is 1240. The maximum absolute atomic E-state index is 12.7. The van der Waals surface area contributed by atoms with Crippen molar-refractivity contribution in [3.8, 4) is 5.75 Å². The van der Waals surface area contributed by atoms with Gasteiger partial charge in [0, 0.05) is 12.1 Å². The van der Waals surface area contributed by atoms with Gasteiger partial charge >= 0.3 is 0 Å². The highest BCUT2D eigenvalue weighted by molar-refractivity contribution is 5.95. The average Bonchev–Trinajstić information content (AvgIpc) is 3.14. The molecule has 0 saturated carbocycles. The fraction of sp³-hybridized carbons (Fsp3) is 0.259. The lowest BCUT2D eigenvalue weighted by molar-refractivity contribution is 0.0949. The molecule has 0 aliphatic carbocycles. The zero-order chi connectivity index (χ0) is 22.5. The summed E-state index contributed by atoms with van der Waals surface area (Å²) in [4.78, 5) is 17.4. The van der Waals surface area contributed by atoms with Crippen molar-refractivity contribution in [2.24, 2.45) is 0 Å². The molecule has 32 heavy (non-hydrogen) atoms. The molecule has 0 aliphatic rings. The van der Waals surface area contributed by atoms with Gasteiger partial charge in [-0.2, -0.15) is 0 Å². The molecule has 164 valence electrons. The molecule has 1 N–H and O–H groups in total. The fourth-order valence-electron chi connectivity index (χ4n) is 3.96. The highest BCUT2D eigenvalue weighted by atomic mass is 16.5. The number of hydrogen-bond donors (Lipinski definition) is 1. The lowest BCUT2D eigenvalue weighted by atomic mass is 10.1. The van der Waals surface area contributed by atoms with Gasteiger partial charge in [-0.25, -0.2) is 4.98 Å². The Morgan fingerprint density at radius 2 is 1.75 bits per heavy atom. The first kappa shape index (κ1) is 21.6. The summed E-state index contributed by atoms with van der Waals surface area (Å²) in [5.74, 6) is 1.69. The average molecular weight is 428 g/mol. The first-order chi connectivity index (χ1) is 15.5. The van der Waals surface area contributed by atoms with Crippen molar-refractivity contribution in [2.75, 3.05) is 6.61 Å². The van der Waals surface area contributed by atoms with Crippen LogP contribution in [0.15, 0.2) is 66.7 Å². The van der Waals surface area contributed by atoms with Gasteiger partial charge in [0.15, 0.2) is 0 Å². The fourth-order valence-corrected chi connectivity index (χ4v) is 3.96. The van der Waals surface area contributed by atoms with E-state index in [9.17, 15) is 4.79 Å². The molecule has 1 heterocycles. The zero-order valence-electron chi connectivity index (χ0n) is 18.9. The van der Waals surface area contributed by atoms with E-state index in [4.69, 9.17) is 9.72 Å². The van der Waals surface area contributed by atoms with Crippen LogP contribution in [0.5, 0.6) is 5.75 Å². The summed E-state index contributed by atoms with van der Waals surface area (Å²) in [7, 11) is 0. The number of amides is 1. The number of nitrogens with one attached hydrogen (secondary N) is 1. The molecule has 0 saturated heterocycles. The molecule has 4 rings (SSSR count). The maximum Gasteiger partial charge on any atom is 0.251 e. The van der Waals surface area contributed by atoms with Crippen molar-refractivity contribution in [1.29, 1.82) is 0 Å². The van der Waals surface area contributed by atoms with E-state index in [0.29, 0.717) is 18.7 Å². The van der Waals surface area contributed by atoms with Crippen LogP contribution in [0.4, 0.5) is 0 Å².